The van der Waals surface area contributed by atoms with E-state index in [0.717, 1.165) is 24.6 Å². The fourth-order valence-electron chi connectivity index (χ4n) is 2.63. The number of aryl methyl sites for hydroxylation is 1. The zero-order valence-corrected chi connectivity index (χ0v) is 16.0. The molecule has 5 nitrogen and oxygen atoms in total. The molecule has 0 atom stereocenters. The van der Waals surface area contributed by atoms with E-state index in [1.165, 1.54) is 11.1 Å². The van der Waals surface area contributed by atoms with Gasteiger partial charge in [0.25, 0.3) is 5.91 Å². The molecule has 2 N–H and O–H groups in total. The van der Waals surface area contributed by atoms with Crippen LogP contribution in [0.2, 0.25) is 0 Å². The van der Waals surface area contributed by atoms with Gasteiger partial charge in [-0.2, -0.15) is 0 Å². The zero-order valence-electron chi connectivity index (χ0n) is 16.0. The summed E-state index contributed by atoms with van der Waals surface area (Å²) in [4.78, 5) is 18.6. The first-order valence-corrected chi connectivity index (χ1v) is 8.89. The average molecular weight is 352 g/mol. The standard InChI is InChI=1S/C21H28N4O/c1-5-23-21(25(4)15-17-11-9-16(2)10-12-17)24-14-18-7-6-8-19(13-18)20(26)22-3/h6-13H,5,14-15H2,1-4H3,(H,22,26)(H,23,24). The molecule has 2 aromatic rings. The summed E-state index contributed by atoms with van der Waals surface area (Å²) in [5, 5.41) is 5.98. The number of nitrogens with one attached hydrogen (secondary N) is 2. The van der Waals surface area contributed by atoms with Crippen LogP contribution >= 0.6 is 0 Å². The van der Waals surface area contributed by atoms with E-state index in [1.54, 1.807) is 13.1 Å². The van der Waals surface area contributed by atoms with Crippen LogP contribution in [-0.4, -0.2) is 37.4 Å². The Labute approximate surface area is 156 Å². The minimum absolute atomic E-state index is 0.0841. The first-order valence-electron chi connectivity index (χ1n) is 8.89. The van der Waals surface area contributed by atoms with Crippen molar-refractivity contribution in [3.63, 3.8) is 0 Å². The molecule has 0 bridgehead atoms. The molecule has 5 heteroatoms. The predicted octanol–water partition coefficient (Wildman–Crippen LogP) is 2.95. The van der Waals surface area contributed by atoms with E-state index < -0.39 is 0 Å². The SMILES string of the molecule is CCNC(=NCc1cccc(C(=O)NC)c1)N(C)Cc1ccc(C)cc1. The number of carbonyl (C=O) groups excluding carboxylic acids is 1. The van der Waals surface area contributed by atoms with Crippen LogP contribution < -0.4 is 10.6 Å². The number of rotatable bonds is 6. The summed E-state index contributed by atoms with van der Waals surface area (Å²) in [6, 6.07) is 16.1. The van der Waals surface area contributed by atoms with Crippen LogP contribution in [0, 0.1) is 6.92 Å². The van der Waals surface area contributed by atoms with Crippen molar-refractivity contribution in [2.75, 3.05) is 20.6 Å². The van der Waals surface area contributed by atoms with Gasteiger partial charge in [-0.3, -0.25) is 4.79 Å². The fraction of sp³-hybridized carbons (Fsp3) is 0.333. The van der Waals surface area contributed by atoms with Crippen LogP contribution in [0.25, 0.3) is 0 Å². The molecule has 0 saturated heterocycles. The highest BCUT2D eigenvalue weighted by Gasteiger charge is 2.07. The lowest BCUT2D eigenvalue weighted by Gasteiger charge is -2.22. The van der Waals surface area contributed by atoms with E-state index in [-0.39, 0.29) is 5.91 Å². The lowest BCUT2D eigenvalue weighted by molar-refractivity contribution is 0.0963. The van der Waals surface area contributed by atoms with Crippen molar-refractivity contribution < 1.29 is 4.79 Å². The summed E-state index contributed by atoms with van der Waals surface area (Å²) in [5.74, 6) is 0.762. The van der Waals surface area contributed by atoms with Gasteiger partial charge in [0, 0.05) is 32.7 Å². The van der Waals surface area contributed by atoms with E-state index in [2.05, 4.69) is 53.6 Å². The number of hydrogen-bond donors (Lipinski definition) is 2. The van der Waals surface area contributed by atoms with Crippen molar-refractivity contribution in [2.45, 2.75) is 26.9 Å². The van der Waals surface area contributed by atoms with Gasteiger partial charge in [-0.25, -0.2) is 4.99 Å². The number of nitrogens with zero attached hydrogens (tertiary/aromatic N) is 2. The highest BCUT2D eigenvalue weighted by molar-refractivity contribution is 5.94. The molecule has 1 amide bonds. The fourth-order valence-corrected chi connectivity index (χ4v) is 2.63. The van der Waals surface area contributed by atoms with Crippen LogP contribution in [0.3, 0.4) is 0 Å². The van der Waals surface area contributed by atoms with Crippen molar-refractivity contribution >= 4 is 11.9 Å². The average Bonchev–Trinajstić information content (AvgIpc) is 2.66. The molecule has 0 aliphatic heterocycles. The predicted molar refractivity (Wildman–Crippen MR) is 107 cm³/mol. The molecular formula is C21H28N4O. The van der Waals surface area contributed by atoms with Gasteiger partial charge in [0.1, 0.15) is 0 Å². The minimum atomic E-state index is -0.0841. The first-order chi connectivity index (χ1) is 12.5. The molecule has 0 radical (unpaired) electrons. The van der Waals surface area contributed by atoms with Gasteiger partial charge >= 0.3 is 0 Å². The van der Waals surface area contributed by atoms with E-state index in [1.807, 2.05) is 25.2 Å². The molecule has 0 spiro atoms. The third-order valence-corrected chi connectivity index (χ3v) is 4.06. The number of guanidine groups is 1. The minimum Gasteiger partial charge on any atom is -0.357 e. The number of aliphatic imine (C=N–C) groups is 1. The third-order valence-electron chi connectivity index (χ3n) is 4.06. The lowest BCUT2D eigenvalue weighted by atomic mass is 10.1. The number of carbonyl (C=O) groups is 1. The summed E-state index contributed by atoms with van der Waals surface area (Å²) >= 11 is 0. The molecule has 0 saturated carbocycles. The van der Waals surface area contributed by atoms with Crippen molar-refractivity contribution in [2.24, 2.45) is 4.99 Å². The summed E-state index contributed by atoms with van der Waals surface area (Å²) in [5.41, 5.74) is 4.15. The Balaban J connectivity index is 2.10. The number of benzene rings is 2. The molecule has 0 aliphatic rings. The third kappa shape index (κ3) is 5.62. The summed E-state index contributed by atoms with van der Waals surface area (Å²) < 4.78 is 0. The van der Waals surface area contributed by atoms with Crippen molar-refractivity contribution in [1.29, 1.82) is 0 Å². The van der Waals surface area contributed by atoms with Gasteiger partial charge in [-0.15, -0.1) is 0 Å². The Morgan fingerprint density at radius 3 is 2.50 bits per heavy atom. The highest BCUT2D eigenvalue weighted by Crippen LogP contribution is 2.09. The topological polar surface area (TPSA) is 56.7 Å². The summed E-state index contributed by atoms with van der Waals surface area (Å²) in [6.45, 7) is 6.25. The van der Waals surface area contributed by atoms with Crippen LogP contribution in [0.15, 0.2) is 53.5 Å². The Morgan fingerprint density at radius 1 is 1.12 bits per heavy atom. The van der Waals surface area contributed by atoms with Crippen LogP contribution in [0.5, 0.6) is 0 Å². The van der Waals surface area contributed by atoms with Gasteiger partial charge in [-0.1, -0.05) is 42.0 Å². The maximum Gasteiger partial charge on any atom is 0.251 e. The Morgan fingerprint density at radius 2 is 1.85 bits per heavy atom. The molecule has 0 aromatic heterocycles. The Bertz CT molecular complexity index is 753. The second-order valence-corrected chi connectivity index (χ2v) is 6.29. The highest BCUT2D eigenvalue weighted by atomic mass is 16.1. The van der Waals surface area contributed by atoms with Crippen LogP contribution in [0.1, 0.15) is 34.0 Å². The Kier molecular flexibility index (Phi) is 7.21. The maximum absolute atomic E-state index is 11.8. The molecule has 0 aliphatic carbocycles. The van der Waals surface area contributed by atoms with Gasteiger partial charge in [-0.05, 0) is 37.1 Å². The lowest BCUT2D eigenvalue weighted by Crippen LogP contribution is -2.38. The van der Waals surface area contributed by atoms with Gasteiger partial charge in [0.15, 0.2) is 5.96 Å². The van der Waals surface area contributed by atoms with E-state index in [4.69, 9.17) is 4.99 Å². The monoisotopic (exact) mass is 352 g/mol. The van der Waals surface area contributed by atoms with Gasteiger partial charge in [0.05, 0.1) is 6.54 Å². The van der Waals surface area contributed by atoms with Crippen LogP contribution in [0.4, 0.5) is 0 Å². The molecule has 0 unspecified atom stereocenters. The normalized spacial score (nSPS) is 11.2. The molecule has 26 heavy (non-hydrogen) atoms. The molecule has 2 rings (SSSR count). The second-order valence-electron chi connectivity index (χ2n) is 6.29. The second kappa shape index (κ2) is 9.61. The smallest absolute Gasteiger partial charge is 0.251 e. The molecule has 0 heterocycles. The van der Waals surface area contributed by atoms with Crippen LogP contribution in [-0.2, 0) is 13.1 Å². The first kappa shape index (κ1) is 19.5. The summed E-state index contributed by atoms with van der Waals surface area (Å²) in [6.07, 6.45) is 0. The van der Waals surface area contributed by atoms with Crippen molar-refractivity contribution in [1.82, 2.24) is 15.5 Å². The molecular weight excluding hydrogens is 324 g/mol. The zero-order chi connectivity index (χ0) is 18.9. The van der Waals surface area contributed by atoms with E-state index >= 15 is 0 Å². The summed E-state index contributed by atoms with van der Waals surface area (Å²) in [7, 11) is 3.67. The van der Waals surface area contributed by atoms with Crippen molar-refractivity contribution in [3.8, 4) is 0 Å². The van der Waals surface area contributed by atoms with E-state index in [9.17, 15) is 4.79 Å². The van der Waals surface area contributed by atoms with Gasteiger partial charge in [0.2, 0.25) is 0 Å². The number of hydrogen-bond acceptors (Lipinski definition) is 2. The Hall–Kier alpha value is -2.82. The quantitative estimate of drug-likeness (QED) is 0.621. The molecule has 138 valence electrons. The van der Waals surface area contributed by atoms with E-state index in [0.29, 0.717) is 12.1 Å². The molecule has 2 aromatic carbocycles. The maximum atomic E-state index is 11.8. The number of amides is 1. The largest absolute Gasteiger partial charge is 0.357 e. The van der Waals surface area contributed by atoms with Gasteiger partial charge < -0.3 is 15.5 Å². The molecule has 0 fully saturated rings. The van der Waals surface area contributed by atoms with Crippen molar-refractivity contribution in [3.05, 3.63) is 70.8 Å².